The van der Waals surface area contributed by atoms with E-state index in [4.69, 9.17) is 11.6 Å². The van der Waals surface area contributed by atoms with Gasteiger partial charge in [0.05, 0.1) is 4.88 Å². The number of thiophene rings is 1. The number of aryl methyl sites for hydroxylation is 1. The maximum absolute atomic E-state index is 12.0. The molecule has 0 radical (unpaired) electrons. The molecule has 0 bridgehead atoms. The smallest absolute Gasteiger partial charge is 0.261 e. The van der Waals surface area contributed by atoms with Crippen LogP contribution < -0.4 is 5.32 Å². The largest absolute Gasteiger partial charge is 0.349 e. The van der Waals surface area contributed by atoms with Crippen molar-refractivity contribution in [2.75, 3.05) is 0 Å². The van der Waals surface area contributed by atoms with E-state index in [-0.39, 0.29) is 5.91 Å². The van der Waals surface area contributed by atoms with E-state index in [9.17, 15) is 4.79 Å². The van der Waals surface area contributed by atoms with Gasteiger partial charge < -0.3 is 5.32 Å². The van der Waals surface area contributed by atoms with Crippen molar-refractivity contribution >= 4 is 28.8 Å². The summed E-state index contributed by atoms with van der Waals surface area (Å²) in [6.07, 6.45) is 5.03. The summed E-state index contributed by atoms with van der Waals surface area (Å²) in [5.41, 5.74) is 0. The molecular weight excluding hydrogens is 254 g/mol. The molecule has 0 spiro atoms. The molecule has 1 aliphatic rings. The third-order valence-corrected chi connectivity index (χ3v) is 4.89. The highest BCUT2D eigenvalue weighted by molar-refractivity contribution is 7.14. The molecule has 0 aliphatic heterocycles. The van der Waals surface area contributed by atoms with Gasteiger partial charge in [0.25, 0.3) is 5.91 Å². The number of nitrogens with one attached hydrogen (secondary N) is 1. The van der Waals surface area contributed by atoms with E-state index < -0.39 is 0 Å². The van der Waals surface area contributed by atoms with Gasteiger partial charge in [0.15, 0.2) is 0 Å². The lowest BCUT2D eigenvalue weighted by molar-refractivity contribution is 0.0932. The van der Waals surface area contributed by atoms with Crippen LogP contribution in [0, 0.1) is 0 Å². The van der Waals surface area contributed by atoms with E-state index in [0.29, 0.717) is 11.4 Å². The van der Waals surface area contributed by atoms with Crippen LogP contribution in [0.1, 0.15) is 47.2 Å². The van der Waals surface area contributed by atoms with E-state index >= 15 is 0 Å². The fraction of sp³-hybridized carbons (Fsp3) is 0.615. The number of alkyl halides is 1. The van der Waals surface area contributed by atoms with Gasteiger partial charge in [-0.1, -0.05) is 6.92 Å². The van der Waals surface area contributed by atoms with Crippen molar-refractivity contribution < 1.29 is 4.79 Å². The zero-order valence-corrected chi connectivity index (χ0v) is 11.6. The summed E-state index contributed by atoms with van der Waals surface area (Å²) < 4.78 is 0. The van der Waals surface area contributed by atoms with Crippen LogP contribution in [0.5, 0.6) is 0 Å². The molecule has 1 aromatic rings. The summed E-state index contributed by atoms with van der Waals surface area (Å²) in [7, 11) is 0. The Hall–Kier alpha value is -0.540. The van der Waals surface area contributed by atoms with Gasteiger partial charge in [0, 0.05) is 16.3 Å². The van der Waals surface area contributed by atoms with Gasteiger partial charge >= 0.3 is 0 Å². The molecule has 1 aliphatic carbocycles. The molecule has 0 aromatic carbocycles. The number of rotatable bonds is 3. The first-order valence-corrected chi connectivity index (χ1v) is 7.48. The Morgan fingerprint density at radius 1 is 1.41 bits per heavy atom. The van der Waals surface area contributed by atoms with E-state index in [2.05, 4.69) is 12.2 Å². The van der Waals surface area contributed by atoms with Crippen LogP contribution in [0.15, 0.2) is 12.1 Å². The summed E-state index contributed by atoms with van der Waals surface area (Å²) in [5, 5.41) is 3.41. The quantitative estimate of drug-likeness (QED) is 0.837. The van der Waals surface area contributed by atoms with Crippen LogP contribution in [0.25, 0.3) is 0 Å². The second-order valence-electron chi connectivity index (χ2n) is 4.54. The Labute approximate surface area is 111 Å². The van der Waals surface area contributed by atoms with Crippen molar-refractivity contribution in [2.24, 2.45) is 0 Å². The second-order valence-corrected chi connectivity index (χ2v) is 6.33. The number of amides is 1. The topological polar surface area (TPSA) is 29.1 Å². The average molecular weight is 272 g/mol. The summed E-state index contributed by atoms with van der Waals surface area (Å²) in [4.78, 5) is 14.1. The van der Waals surface area contributed by atoms with Crippen molar-refractivity contribution in [1.29, 1.82) is 0 Å². The molecule has 1 fully saturated rings. The van der Waals surface area contributed by atoms with Gasteiger partial charge in [0.1, 0.15) is 0 Å². The maximum Gasteiger partial charge on any atom is 0.261 e. The van der Waals surface area contributed by atoms with E-state index in [1.54, 1.807) is 11.3 Å². The fourth-order valence-corrected chi connectivity index (χ4v) is 3.25. The van der Waals surface area contributed by atoms with Crippen molar-refractivity contribution in [3.63, 3.8) is 0 Å². The lowest BCUT2D eigenvalue weighted by atomic mass is 9.95. The Balaban J connectivity index is 1.88. The van der Waals surface area contributed by atoms with Crippen LogP contribution >= 0.6 is 22.9 Å². The number of hydrogen-bond donors (Lipinski definition) is 1. The van der Waals surface area contributed by atoms with Gasteiger partial charge in [-0.05, 0) is 44.2 Å². The molecule has 1 amide bonds. The molecule has 4 heteroatoms. The Kier molecular flexibility index (Phi) is 4.46. The number of halogens is 1. The summed E-state index contributed by atoms with van der Waals surface area (Å²) in [6.45, 7) is 2.11. The maximum atomic E-state index is 12.0. The predicted octanol–water partition coefficient (Wildman–Crippen LogP) is 3.59. The molecule has 0 saturated heterocycles. The van der Waals surface area contributed by atoms with Gasteiger partial charge in [0.2, 0.25) is 0 Å². The molecule has 2 nitrogen and oxygen atoms in total. The highest BCUT2D eigenvalue weighted by atomic mass is 35.5. The normalized spacial score (nSPS) is 24.6. The molecule has 1 heterocycles. The first-order valence-electron chi connectivity index (χ1n) is 6.22. The van der Waals surface area contributed by atoms with Gasteiger partial charge in [-0.3, -0.25) is 4.79 Å². The molecular formula is C13H18ClNOS. The molecule has 94 valence electrons. The molecule has 2 rings (SSSR count). The van der Waals surface area contributed by atoms with Crippen molar-refractivity contribution in [3.05, 3.63) is 21.9 Å². The van der Waals surface area contributed by atoms with Crippen LogP contribution in [0.4, 0.5) is 0 Å². The number of carbonyl (C=O) groups is 1. The van der Waals surface area contributed by atoms with Crippen LogP contribution in [-0.4, -0.2) is 17.3 Å². The van der Waals surface area contributed by atoms with E-state index in [1.165, 1.54) is 4.88 Å². The fourth-order valence-electron chi connectivity index (χ4n) is 2.14. The molecule has 1 aromatic heterocycles. The van der Waals surface area contributed by atoms with Gasteiger partial charge in [-0.25, -0.2) is 0 Å². The number of carbonyl (C=O) groups excluding carboxylic acids is 1. The lowest BCUT2D eigenvalue weighted by Gasteiger charge is -2.25. The second kappa shape index (κ2) is 5.87. The Bertz CT molecular complexity index is 383. The molecule has 0 atom stereocenters. The van der Waals surface area contributed by atoms with E-state index in [1.807, 2.05) is 12.1 Å². The monoisotopic (exact) mass is 271 g/mol. The van der Waals surface area contributed by atoms with Crippen molar-refractivity contribution in [1.82, 2.24) is 5.32 Å². The standard InChI is InChI=1S/C13H18ClNOS/c1-2-11-7-8-12(17-11)13(16)15-10-5-3-9(14)4-6-10/h7-10H,2-6H2,1H3,(H,15,16). The first kappa shape index (κ1) is 12.9. The third kappa shape index (κ3) is 3.46. The minimum atomic E-state index is 0.0766. The van der Waals surface area contributed by atoms with Crippen LogP contribution in [-0.2, 0) is 6.42 Å². The number of hydrogen-bond acceptors (Lipinski definition) is 2. The average Bonchev–Trinajstić information content (AvgIpc) is 2.81. The summed E-state index contributed by atoms with van der Waals surface area (Å²) >= 11 is 7.64. The highest BCUT2D eigenvalue weighted by Gasteiger charge is 2.21. The van der Waals surface area contributed by atoms with Crippen LogP contribution in [0.2, 0.25) is 0 Å². The van der Waals surface area contributed by atoms with Gasteiger partial charge in [-0.15, -0.1) is 22.9 Å². The molecule has 1 saturated carbocycles. The minimum Gasteiger partial charge on any atom is -0.349 e. The van der Waals surface area contributed by atoms with Crippen LogP contribution in [0.3, 0.4) is 0 Å². The zero-order chi connectivity index (χ0) is 12.3. The minimum absolute atomic E-state index is 0.0766. The molecule has 0 unspecified atom stereocenters. The highest BCUT2D eigenvalue weighted by Crippen LogP contribution is 2.23. The Morgan fingerprint density at radius 2 is 2.12 bits per heavy atom. The SMILES string of the molecule is CCc1ccc(C(=O)NC2CCC(Cl)CC2)s1. The van der Waals surface area contributed by atoms with Crippen molar-refractivity contribution in [2.45, 2.75) is 50.4 Å². The van der Waals surface area contributed by atoms with Gasteiger partial charge in [-0.2, -0.15) is 0 Å². The molecule has 1 N–H and O–H groups in total. The van der Waals surface area contributed by atoms with E-state index in [0.717, 1.165) is 37.0 Å². The zero-order valence-electron chi connectivity index (χ0n) is 10.0. The third-order valence-electron chi connectivity index (χ3n) is 3.23. The first-order chi connectivity index (χ1) is 8.19. The lowest BCUT2D eigenvalue weighted by Crippen LogP contribution is -2.37. The predicted molar refractivity (Wildman–Crippen MR) is 73.1 cm³/mol. The summed E-state index contributed by atoms with van der Waals surface area (Å²) in [6, 6.07) is 4.27. The molecule has 17 heavy (non-hydrogen) atoms. The van der Waals surface area contributed by atoms with Crippen molar-refractivity contribution in [3.8, 4) is 0 Å². The Morgan fingerprint density at radius 3 is 2.71 bits per heavy atom. The summed E-state index contributed by atoms with van der Waals surface area (Å²) in [5.74, 6) is 0.0766.